The molecule has 6 rings (SSSR count). The van der Waals surface area contributed by atoms with Crippen LogP contribution in [0.25, 0.3) is 0 Å². The zero-order chi connectivity index (χ0) is 35.2. The molecule has 0 saturated carbocycles. The summed E-state index contributed by atoms with van der Waals surface area (Å²) in [5, 5.41) is 15.7. The van der Waals surface area contributed by atoms with Crippen LogP contribution in [0.5, 0.6) is 5.75 Å². The highest BCUT2D eigenvalue weighted by Gasteiger charge is 2.34. The number of urea groups is 1. The number of nitriles is 1. The highest BCUT2D eigenvalue weighted by Crippen LogP contribution is 2.31. The summed E-state index contributed by atoms with van der Waals surface area (Å²) in [5.41, 5.74) is 9.55. The fourth-order valence-electron chi connectivity index (χ4n) is 7.80. The lowest BCUT2D eigenvalue weighted by Crippen LogP contribution is -2.53. The number of piperidine rings is 3. The summed E-state index contributed by atoms with van der Waals surface area (Å²) >= 11 is 7.11. The van der Waals surface area contributed by atoms with Crippen LogP contribution in [0.15, 0.2) is 44.3 Å². The fourth-order valence-corrected chi connectivity index (χ4v) is 9.08. The number of nitrogen functional groups attached to an aromatic ring is 1. The van der Waals surface area contributed by atoms with E-state index >= 15 is 0 Å². The van der Waals surface area contributed by atoms with Gasteiger partial charge in [-0.2, -0.15) is 5.26 Å². The second-order valence-corrected chi connectivity index (χ2v) is 15.4. The van der Waals surface area contributed by atoms with Gasteiger partial charge in [-0.25, -0.2) is 9.79 Å². The molecule has 3 saturated heterocycles. The molecule has 4 N–H and O–H groups in total. The van der Waals surface area contributed by atoms with Crippen LogP contribution in [0, 0.1) is 11.5 Å². The van der Waals surface area contributed by atoms with Gasteiger partial charge in [0.15, 0.2) is 6.19 Å². The number of benzene rings is 2. The maximum atomic E-state index is 14.3. The monoisotopic (exact) mass is 811 g/mol. The molecule has 4 aliphatic heterocycles. The number of aliphatic imine (C=N–C) groups is 1. The number of nitrogens with two attached hydrogens (primary N) is 1. The van der Waals surface area contributed by atoms with Crippen molar-refractivity contribution in [2.75, 3.05) is 64.0 Å². The van der Waals surface area contributed by atoms with E-state index in [1.54, 1.807) is 7.11 Å². The molecule has 14 heteroatoms. The molecule has 0 unspecified atom stereocenters. The predicted octanol–water partition coefficient (Wildman–Crippen LogP) is 5.17. The SMILES string of the molecule is COc1ccc2c(c1)CCN(C1CCN(C(=N[C@@H](Cc3cc(Br)c(N)c(Br)c3)C(=O)N3CCC(N4CCCCC4)CC3)NC#N)CC1)C(=O)N2. The second-order valence-electron chi connectivity index (χ2n) is 13.7. The Bertz CT molecular complexity index is 1590. The number of guanidine groups is 1. The van der Waals surface area contributed by atoms with Gasteiger partial charge in [-0.15, -0.1) is 0 Å². The minimum Gasteiger partial charge on any atom is -0.497 e. The van der Waals surface area contributed by atoms with Crippen LogP contribution in [0.2, 0.25) is 0 Å². The number of likely N-dealkylation sites (tertiary alicyclic amines) is 3. The van der Waals surface area contributed by atoms with Gasteiger partial charge in [-0.05, 0) is 131 Å². The summed E-state index contributed by atoms with van der Waals surface area (Å²) in [6, 6.07) is 9.32. The van der Waals surface area contributed by atoms with Crippen LogP contribution in [-0.2, 0) is 17.6 Å². The Kier molecular flexibility index (Phi) is 12.1. The van der Waals surface area contributed by atoms with Crippen molar-refractivity contribution in [2.24, 2.45) is 4.99 Å². The average molecular weight is 814 g/mol. The number of halogens is 2. The number of fused-ring (bicyclic) bond motifs is 1. The van der Waals surface area contributed by atoms with Crippen molar-refractivity contribution in [3.8, 4) is 11.9 Å². The first-order valence-electron chi connectivity index (χ1n) is 17.7. The number of amides is 3. The Hall–Kier alpha value is -3.54. The van der Waals surface area contributed by atoms with E-state index in [2.05, 4.69) is 53.6 Å². The van der Waals surface area contributed by atoms with E-state index in [4.69, 9.17) is 15.5 Å². The summed E-state index contributed by atoms with van der Waals surface area (Å²) in [4.78, 5) is 41.1. The van der Waals surface area contributed by atoms with Crippen LogP contribution in [0.3, 0.4) is 0 Å². The molecule has 0 spiro atoms. The summed E-state index contributed by atoms with van der Waals surface area (Å²) in [5.74, 6) is 1.13. The van der Waals surface area contributed by atoms with Crippen molar-refractivity contribution in [3.05, 3.63) is 50.4 Å². The Morgan fingerprint density at radius 2 is 1.66 bits per heavy atom. The highest BCUT2D eigenvalue weighted by molar-refractivity contribution is 9.11. The quantitative estimate of drug-likeness (QED) is 0.114. The topological polar surface area (TPSA) is 143 Å². The van der Waals surface area contributed by atoms with E-state index < -0.39 is 6.04 Å². The lowest BCUT2D eigenvalue weighted by atomic mass is 9.98. The van der Waals surface area contributed by atoms with Crippen molar-refractivity contribution in [2.45, 2.75) is 75.9 Å². The molecule has 2 aromatic rings. The zero-order valence-corrected chi connectivity index (χ0v) is 31.8. The van der Waals surface area contributed by atoms with Crippen molar-refractivity contribution >= 4 is 61.1 Å². The highest BCUT2D eigenvalue weighted by atomic mass is 79.9. The standard InChI is InChI=1S/C36H47Br2N9O3/c1-50-28-5-6-31-25(22-28)7-18-47(36(49)43-31)27-10-16-46(17-11-27)35(41-23-39)42-32(21-24-19-29(37)33(40)30(38)20-24)34(48)45-14-8-26(9-15-45)44-12-3-2-4-13-44/h5-6,19-20,22,26-27,32H,2-4,7-18,21,40H2,1H3,(H,41,42)(H,43,49)/t32-/m0/s1. The number of ether oxygens (including phenoxy) is 1. The van der Waals surface area contributed by atoms with Gasteiger partial charge in [0.2, 0.25) is 11.9 Å². The van der Waals surface area contributed by atoms with E-state index in [9.17, 15) is 14.9 Å². The summed E-state index contributed by atoms with van der Waals surface area (Å²) in [6.07, 6.45) is 10.3. The second kappa shape index (κ2) is 16.7. The lowest BCUT2D eigenvalue weighted by Gasteiger charge is -2.41. The summed E-state index contributed by atoms with van der Waals surface area (Å²) in [7, 11) is 1.64. The van der Waals surface area contributed by atoms with E-state index in [1.807, 2.05) is 45.0 Å². The Morgan fingerprint density at radius 3 is 2.32 bits per heavy atom. The van der Waals surface area contributed by atoms with E-state index in [-0.39, 0.29) is 18.0 Å². The number of carbonyl (C=O) groups excluding carboxylic acids is 2. The van der Waals surface area contributed by atoms with Gasteiger partial charge in [0.25, 0.3) is 0 Å². The summed E-state index contributed by atoms with van der Waals surface area (Å²) in [6.45, 7) is 5.47. The van der Waals surface area contributed by atoms with Gasteiger partial charge in [0.05, 0.1) is 12.8 Å². The zero-order valence-electron chi connectivity index (χ0n) is 28.7. The van der Waals surface area contributed by atoms with Gasteiger partial charge >= 0.3 is 6.03 Å². The third-order valence-corrected chi connectivity index (χ3v) is 11.9. The number of hydrogen-bond acceptors (Lipinski definition) is 7. The number of anilines is 2. The Balaban J connectivity index is 1.16. The predicted molar refractivity (Wildman–Crippen MR) is 202 cm³/mol. The molecule has 12 nitrogen and oxygen atoms in total. The van der Waals surface area contributed by atoms with Gasteiger partial charge in [0.1, 0.15) is 11.8 Å². The molecule has 4 aliphatic rings. The largest absolute Gasteiger partial charge is 0.497 e. The first-order chi connectivity index (χ1) is 24.2. The van der Waals surface area contributed by atoms with Gasteiger partial charge in [-0.1, -0.05) is 6.42 Å². The van der Waals surface area contributed by atoms with Crippen molar-refractivity contribution in [1.29, 1.82) is 5.26 Å². The van der Waals surface area contributed by atoms with Gasteiger partial charge in [-0.3, -0.25) is 10.1 Å². The molecule has 1 atom stereocenters. The number of carbonyl (C=O) groups is 2. The number of hydrogen-bond donors (Lipinski definition) is 3. The lowest BCUT2D eigenvalue weighted by molar-refractivity contribution is -0.134. The smallest absolute Gasteiger partial charge is 0.322 e. The maximum Gasteiger partial charge on any atom is 0.322 e. The minimum atomic E-state index is -0.732. The van der Waals surface area contributed by atoms with Crippen LogP contribution in [0.4, 0.5) is 16.2 Å². The number of methoxy groups -OCH3 is 1. The molecule has 0 aromatic heterocycles. The van der Waals surface area contributed by atoms with E-state index in [0.29, 0.717) is 69.7 Å². The summed E-state index contributed by atoms with van der Waals surface area (Å²) < 4.78 is 6.88. The van der Waals surface area contributed by atoms with E-state index in [0.717, 1.165) is 63.9 Å². The molecule has 0 bridgehead atoms. The van der Waals surface area contributed by atoms with E-state index in [1.165, 1.54) is 19.3 Å². The Morgan fingerprint density at radius 1 is 1.00 bits per heavy atom. The molecule has 50 heavy (non-hydrogen) atoms. The van der Waals surface area contributed by atoms with Crippen LogP contribution in [-0.4, -0.2) is 109 Å². The minimum absolute atomic E-state index is 0.0317. The van der Waals surface area contributed by atoms with Gasteiger partial charge in [0, 0.05) is 65.9 Å². The molecular formula is C36H47Br2N9O3. The van der Waals surface area contributed by atoms with Crippen molar-refractivity contribution in [3.63, 3.8) is 0 Å². The molecule has 4 heterocycles. The number of nitrogens with zero attached hydrogens (tertiary/aromatic N) is 6. The molecule has 2 aromatic carbocycles. The van der Waals surface area contributed by atoms with Crippen molar-refractivity contribution < 1.29 is 14.3 Å². The first-order valence-corrected chi connectivity index (χ1v) is 19.3. The van der Waals surface area contributed by atoms with Crippen molar-refractivity contribution in [1.82, 2.24) is 24.9 Å². The van der Waals surface area contributed by atoms with Crippen LogP contribution >= 0.6 is 31.9 Å². The van der Waals surface area contributed by atoms with Gasteiger partial charge < -0.3 is 35.4 Å². The fraction of sp³-hybridized carbons (Fsp3) is 0.556. The van der Waals surface area contributed by atoms with Crippen LogP contribution in [0.1, 0.15) is 56.1 Å². The molecule has 3 amide bonds. The molecule has 0 aliphatic carbocycles. The normalized spacial score (nSPS) is 20.4. The molecular weight excluding hydrogens is 766 g/mol. The number of nitrogens with one attached hydrogen (secondary N) is 2. The molecule has 268 valence electrons. The average Bonchev–Trinajstić information content (AvgIpc) is 3.31. The molecule has 3 fully saturated rings. The first kappa shape index (κ1) is 36.3. The van der Waals surface area contributed by atoms with Crippen LogP contribution < -0.4 is 21.1 Å². The third kappa shape index (κ3) is 8.49. The Labute approximate surface area is 311 Å². The maximum absolute atomic E-state index is 14.3. The molecule has 0 radical (unpaired) electrons. The third-order valence-electron chi connectivity index (χ3n) is 10.6. The number of rotatable bonds is 7.